The van der Waals surface area contributed by atoms with Gasteiger partial charge in [-0.15, -0.1) is 0 Å². The van der Waals surface area contributed by atoms with Crippen molar-refractivity contribution in [2.24, 2.45) is 0 Å². The SMILES string of the molecule is COc1cc(/C=C(\C#N)C(=O)Nc2cccc3ccccc23)cc(Br)c1OC. The summed E-state index contributed by atoms with van der Waals surface area (Å²) < 4.78 is 11.3. The van der Waals surface area contributed by atoms with Crippen LogP contribution >= 0.6 is 15.9 Å². The van der Waals surface area contributed by atoms with E-state index in [0.717, 1.165) is 10.8 Å². The molecule has 0 aliphatic carbocycles. The van der Waals surface area contributed by atoms with Gasteiger partial charge in [0.2, 0.25) is 0 Å². The maximum absolute atomic E-state index is 12.7. The second-order valence-corrected chi connectivity index (χ2v) is 6.74. The monoisotopic (exact) mass is 436 g/mol. The highest BCUT2D eigenvalue weighted by molar-refractivity contribution is 9.10. The van der Waals surface area contributed by atoms with Crippen LogP contribution in [0.4, 0.5) is 5.69 Å². The molecule has 140 valence electrons. The predicted octanol–water partition coefficient (Wildman–Crippen LogP) is 5.17. The molecule has 1 amide bonds. The lowest BCUT2D eigenvalue weighted by Gasteiger charge is -2.11. The molecule has 1 N–H and O–H groups in total. The fraction of sp³-hybridized carbons (Fsp3) is 0.0909. The van der Waals surface area contributed by atoms with E-state index in [1.165, 1.54) is 20.3 Å². The minimum absolute atomic E-state index is 0.0212. The molecule has 28 heavy (non-hydrogen) atoms. The summed E-state index contributed by atoms with van der Waals surface area (Å²) in [6, 6.07) is 18.8. The molecule has 5 nitrogen and oxygen atoms in total. The van der Waals surface area contributed by atoms with Crippen LogP contribution in [0.1, 0.15) is 5.56 Å². The number of hydrogen-bond acceptors (Lipinski definition) is 4. The van der Waals surface area contributed by atoms with Gasteiger partial charge < -0.3 is 14.8 Å². The number of fused-ring (bicyclic) bond motifs is 1. The highest BCUT2D eigenvalue weighted by Gasteiger charge is 2.14. The molecule has 0 aliphatic rings. The summed E-state index contributed by atoms with van der Waals surface area (Å²) in [7, 11) is 3.06. The number of anilines is 1. The van der Waals surface area contributed by atoms with Gasteiger partial charge >= 0.3 is 0 Å². The molecule has 0 unspecified atom stereocenters. The van der Waals surface area contributed by atoms with Gasteiger partial charge in [-0.2, -0.15) is 5.26 Å². The number of benzene rings is 3. The second kappa shape index (κ2) is 8.59. The Morgan fingerprint density at radius 2 is 1.86 bits per heavy atom. The predicted molar refractivity (Wildman–Crippen MR) is 113 cm³/mol. The summed E-state index contributed by atoms with van der Waals surface area (Å²) in [5, 5.41) is 14.2. The number of nitrogens with one attached hydrogen (secondary N) is 1. The molecule has 0 aliphatic heterocycles. The minimum atomic E-state index is -0.482. The molecular formula is C22H17BrN2O3. The average molecular weight is 437 g/mol. The number of carbonyl (C=O) groups is 1. The van der Waals surface area contributed by atoms with Gasteiger partial charge in [0.1, 0.15) is 11.6 Å². The van der Waals surface area contributed by atoms with Crippen molar-refractivity contribution in [3.63, 3.8) is 0 Å². The van der Waals surface area contributed by atoms with Gasteiger partial charge in [0.15, 0.2) is 11.5 Å². The zero-order valence-electron chi connectivity index (χ0n) is 15.3. The first-order chi connectivity index (χ1) is 13.6. The topological polar surface area (TPSA) is 71.3 Å². The Kier molecular flexibility index (Phi) is 5.97. The molecule has 3 aromatic rings. The minimum Gasteiger partial charge on any atom is -0.493 e. The Hall–Kier alpha value is -3.30. The first-order valence-corrected chi connectivity index (χ1v) is 9.19. The third-order valence-electron chi connectivity index (χ3n) is 4.17. The molecule has 3 aromatic carbocycles. The molecular weight excluding hydrogens is 420 g/mol. The lowest BCUT2D eigenvalue weighted by Crippen LogP contribution is -2.13. The molecule has 0 saturated carbocycles. The zero-order valence-corrected chi connectivity index (χ0v) is 16.9. The smallest absolute Gasteiger partial charge is 0.266 e. The van der Waals surface area contributed by atoms with Gasteiger partial charge in [-0.1, -0.05) is 36.4 Å². The van der Waals surface area contributed by atoms with Crippen LogP contribution in [-0.4, -0.2) is 20.1 Å². The first-order valence-electron chi connectivity index (χ1n) is 8.39. The number of amides is 1. The van der Waals surface area contributed by atoms with Crippen molar-refractivity contribution >= 4 is 44.4 Å². The summed E-state index contributed by atoms with van der Waals surface area (Å²) >= 11 is 3.41. The third kappa shape index (κ3) is 4.00. The Bertz CT molecular complexity index is 1110. The van der Waals surface area contributed by atoms with Gasteiger partial charge in [0.25, 0.3) is 5.91 Å². The van der Waals surface area contributed by atoms with Gasteiger partial charge in [-0.05, 0) is 51.2 Å². The number of nitrogens with zero attached hydrogens (tertiary/aromatic N) is 1. The van der Waals surface area contributed by atoms with Crippen LogP contribution in [0.2, 0.25) is 0 Å². The van der Waals surface area contributed by atoms with Crippen LogP contribution in [0.3, 0.4) is 0 Å². The lowest BCUT2D eigenvalue weighted by atomic mass is 10.1. The van der Waals surface area contributed by atoms with E-state index in [-0.39, 0.29) is 5.57 Å². The molecule has 0 saturated heterocycles. The van der Waals surface area contributed by atoms with Crippen molar-refractivity contribution < 1.29 is 14.3 Å². The fourth-order valence-electron chi connectivity index (χ4n) is 2.86. The Labute approximate surface area is 171 Å². The summed E-state index contributed by atoms with van der Waals surface area (Å²) in [6.45, 7) is 0. The standard InChI is InChI=1S/C22H17BrN2O3/c1-27-20-12-14(11-18(23)21(20)28-2)10-16(13-24)22(26)25-19-9-5-7-15-6-3-4-8-17(15)19/h3-12H,1-2H3,(H,25,26)/b16-10+. The molecule has 0 fully saturated rings. The average Bonchev–Trinajstić information content (AvgIpc) is 2.71. The zero-order chi connectivity index (χ0) is 20.1. The summed E-state index contributed by atoms with van der Waals surface area (Å²) in [5.74, 6) is 0.554. The highest BCUT2D eigenvalue weighted by Crippen LogP contribution is 2.36. The van der Waals surface area contributed by atoms with Gasteiger partial charge in [-0.3, -0.25) is 4.79 Å². The van der Waals surface area contributed by atoms with Crippen LogP contribution in [0.25, 0.3) is 16.8 Å². The molecule has 0 spiro atoms. The molecule has 0 radical (unpaired) electrons. The number of halogens is 1. The van der Waals surface area contributed by atoms with E-state index in [2.05, 4.69) is 21.2 Å². The maximum Gasteiger partial charge on any atom is 0.266 e. The Morgan fingerprint density at radius 1 is 1.11 bits per heavy atom. The lowest BCUT2D eigenvalue weighted by molar-refractivity contribution is -0.112. The fourth-order valence-corrected chi connectivity index (χ4v) is 3.48. The van der Waals surface area contributed by atoms with E-state index in [1.807, 2.05) is 48.5 Å². The number of rotatable bonds is 5. The van der Waals surface area contributed by atoms with Crippen molar-refractivity contribution in [3.8, 4) is 17.6 Å². The van der Waals surface area contributed by atoms with Gasteiger partial charge in [0.05, 0.1) is 18.7 Å². The van der Waals surface area contributed by atoms with Gasteiger partial charge in [-0.25, -0.2) is 0 Å². The first kappa shape index (κ1) is 19.5. The molecule has 3 rings (SSSR count). The van der Waals surface area contributed by atoms with Crippen LogP contribution in [0.5, 0.6) is 11.5 Å². The van der Waals surface area contributed by atoms with E-state index in [9.17, 15) is 10.1 Å². The van der Waals surface area contributed by atoms with E-state index in [1.54, 1.807) is 12.1 Å². The number of ether oxygens (including phenoxy) is 2. The van der Waals surface area contributed by atoms with Crippen LogP contribution < -0.4 is 14.8 Å². The van der Waals surface area contributed by atoms with E-state index in [4.69, 9.17) is 9.47 Å². The molecule has 0 heterocycles. The molecule has 0 bridgehead atoms. The summed E-state index contributed by atoms with van der Waals surface area (Å²) in [4.78, 5) is 12.7. The van der Waals surface area contributed by atoms with Crippen LogP contribution in [0.15, 0.2) is 64.6 Å². The van der Waals surface area contributed by atoms with Crippen molar-refractivity contribution in [1.29, 1.82) is 5.26 Å². The van der Waals surface area contributed by atoms with Gasteiger partial charge in [0, 0.05) is 11.1 Å². The van der Waals surface area contributed by atoms with Crippen LogP contribution in [-0.2, 0) is 4.79 Å². The number of methoxy groups -OCH3 is 2. The molecule has 0 atom stereocenters. The summed E-state index contributed by atoms with van der Waals surface area (Å²) in [5.41, 5.74) is 1.26. The largest absolute Gasteiger partial charge is 0.493 e. The van der Waals surface area contributed by atoms with Crippen molar-refractivity contribution in [2.45, 2.75) is 0 Å². The molecule has 6 heteroatoms. The highest BCUT2D eigenvalue weighted by atomic mass is 79.9. The number of hydrogen-bond donors (Lipinski definition) is 1. The summed E-state index contributed by atoms with van der Waals surface area (Å²) in [6.07, 6.45) is 1.51. The second-order valence-electron chi connectivity index (χ2n) is 5.89. The van der Waals surface area contributed by atoms with E-state index >= 15 is 0 Å². The third-order valence-corrected chi connectivity index (χ3v) is 4.76. The Balaban J connectivity index is 1.94. The van der Waals surface area contributed by atoms with Crippen LogP contribution in [0, 0.1) is 11.3 Å². The van der Waals surface area contributed by atoms with E-state index < -0.39 is 5.91 Å². The van der Waals surface area contributed by atoms with Crippen molar-refractivity contribution in [2.75, 3.05) is 19.5 Å². The quantitative estimate of drug-likeness (QED) is 0.442. The number of carbonyl (C=O) groups excluding carboxylic acids is 1. The Morgan fingerprint density at radius 3 is 2.57 bits per heavy atom. The van der Waals surface area contributed by atoms with Crippen molar-refractivity contribution in [1.82, 2.24) is 0 Å². The normalized spacial score (nSPS) is 11.0. The molecule has 0 aromatic heterocycles. The van der Waals surface area contributed by atoms with E-state index in [0.29, 0.717) is 27.2 Å². The number of nitriles is 1. The van der Waals surface area contributed by atoms with Crippen molar-refractivity contribution in [3.05, 3.63) is 70.2 Å². The maximum atomic E-state index is 12.7.